The zero-order valence-corrected chi connectivity index (χ0v) is 17.3. The Kier molecular flexibility index (Phi) is 9.51. The molecule has 2 saturated heterocycles. The van der Waals surface area contributed by atoms with Crippen molar-refractivity contribution >= 4 is 42.3 Å². The first-order valence-electron chi connectivity index (χ1n) is 9.01. The number of anilines is 1. The molecule has 0 bridgehead atoms. The molecule has 1 unspecified atom stereocenters. The zero-order chi connectivity index (χ0) is 19.4. The Labute approximate surface area is 180 Å². The summed E-state index contributed by atoms with van der Waals surface area (Å²) in [5, 5.41) is 5.03. The van der Waals surface area contributed by atoms with E-state index < -0.39 is 30.8 Å². The molecule has 29 heavy (non-hydrogen) atoms. The van der Waals surface area contributed by atoms with E-state index in [2.05, 4.69) is 15.5 Å². The Bertz CT molecular complexity index is 686. The average molecular weight is 457 g/mol. The van der Waals surface area contributed by atoms with Gasteiger partial charge in [-0.05, 0) is 24.3 Å². The molecule has 11 heteroatoms. The van der Waals surface area contributed by atoms with Gasteiger partial charge in [0.1, 0.15) is 5.82 Å². The molecule has 2 aliphatic rings. The van der Waals surface area contributed by atoms with Gasteiger partial charge in [-0.2, -0.15) is 0 Å². The molecule has 2 aliphatic heterocycles. The van der Waals surface area contributed by atoms with Crippen molar-refractivity contribution in [2.24, 2.45) is 0 Å². The molecule has 3 rings (SSSR count). The first-order valence-corrected chi connectivity index (χ1v) is 9.01. The number of nitrogens with zero attached hydrogens (tertiary/aromatic N) is 2. The fraction of sp³-hybridized carbons (Fsp3) is 0.556. The molecule has 0 aromatic heterocycles. The van der Waals surface area contributed by atoms with Crippen molar-refractivity contribution < 1.29 is 22.8 Å². The van der Waals surface area contributed by atoms with Gasteiger partial charge in [-0.25, -0.2) is 13.2 Å². The molecule has 2 heterocycles. The molecule has 2 N–H and O–H groups in total. The smallest absolute Gasteiger partial charge is 0.262 e. The lowest BCUT2D eigenvalue weighted by Crippen LogP contribution is -2.49. The quantitative estimate of drug-likeness (QED) is 0.709. The summed E-state index contributed by atoms with van der Waals surface area (Å²) in [5.74, 6) is -3.73. The fourth-order valence-corrected chi connectivity index (χ4v) is 3.34. The van der Waals surface area contributed by atoms with Gasteiger partial charge in [0, 0.05) is 51.3 Å². The zero-order valence-electron chi connectivity index (χ0n) is 15.7. The molecule has 2 amide bonds. The minimum absolute atomic E-state index is 0. The first kappa shape index (κ1) is 25.3. The molecule has 2 fully saturated rings. The Balaban J connectivity index is 0.00000210. The molecule has 0 radical (unpaired) electrons. The van der Waals surface area contributed by atoms with Gasteiger partial charge >= 0.3 is 0 Å². The largest absolute Gasteiger partial charge is 0.368 e. The normalized spacial score (nSPS) is 20.4. The van der Waals surface area contributed by atoms with Crippen molar-refractivity contribution in [3.05, 3.63) is 30.1 Å². The number of nitrogens with one attached hydrogen (secondary N) is 2. The second-order valence-electron chi connectivity index (χ2n) is 6.88. The number of halogens is 5. The monoisotopic (exact) mass is 456 g/mol. The summed E-state index contributed by atoms with van der Waals surface area (Å²) in [5.41, 5.74) is 0.914. The van der Waals surface area contributed by atoms with Crippen LogP contribution in [0.5, 0.6) is 0 Å². The van der Waals surface area contributed by atoms with Gasteiger partial charge in [0.2, 0.25) is 11.8 Å². The summed E-state index contributed by atoms with van der Waals surface area (Å²) in [6.45, 7) is 2.00. The van der Waals surface area contributed by atoms with E-state index >= 15 is 0 Å². The highest BCUT2D eigenvalue weighted by atomic mass is 35.5. The fourth-order valence-electron chi connectivity index (χ4n) is 3.34. The molecule has 0 aliphatic carbocycles. The van der Waals surface area contributed by atoms with Gasteiger partial charge in [-0.1, -0.05) is 0 Å². The van der Waals surface area contributed by atoms with Gasteiger partial charge in [0.05, 0.1) is 12.6 Å². The third-order valence-electron chi connectivity index (χ3n) is 4.89. The lowest BCUT2D eigenvalue weighted by atomic mass is 10.2. The number of alkyl halides is 2. The predicted molar refractivity (Wildman–Crippen MR) is 109 cm³/mol. The molecule has 1 aromatic rings. The lowest BCUT2D eigenvalue weighted by molar-refractivity contribution is -0.131. The topological polar surface area (TPSA) is 64.7 Å². The third-order valence-corrected chi connectivity index (χ3v) is 4.89. The number of amides is 2. The number of carbonyl (C=O) groups is 2. The van der Waals surface area contributed by atoms with E-state index in [1.807, 2.05) is 0 Å². The average Bonchev–Trinajstić information content (AvgIpc) is 3.02. The van der Waals surface area contributed by atoms with Gasteiger partial charge < -0.3 is 15.1 Å². The summed E-state index contributed by atoms with van der Waals surface area (Å²) in [6.07, 6.45) is -0.385. The molecule has 164 valence electrons. The van der Waals surface area contributed by atoms with E-state index in [-0.39, 0.29) is 49.5 Å². The molecule has 1 aromatic carbocycles. The van der Waals surface area contributed by atoms with Crippen LogP contribution < -0.4 is 15.5 Å². The molecule has 0 saturated carbocycles. The summed E-state index contributed by atoms with van der Waals surface area (Å²) in [7, 11) is 0. The van der Waals surface area contributed by atoms with Gasteiger partial charge in [0.25, 0.3) is 5.92 Å². The minimum atomic E-state index is -2.86. The van der Waals surface area contributed by atoms with Crippen LogP contribution in [0.4, 0.5) is 18.9 Å². The van der Waals surface area contributed by atoms with Crippen molar-refractivity contribution in [3.63, 3.8) is 0 Å². The summed E-state index contributed by atoms with van der Waals surface area (Å²) < 4.78 is 39.2. The van der Waals surface area contributed by atoms with Crippen molar-refractivity contribution in [1.82, 2.24) is 15.5 Å². The highest BCUT2D eigenvalue weighted by Gasteiger charge is 2.42. The van der Waals surface area contributed by atoms with E-state index in [4.69, 9.17) is 0 Å². The van der Waals surface area contributed by atoms with Crippen LogP contribution in [0.1, 0.15) is 12.8 Å². The predicted octanol–water partition coefficient (Wildman–Crippen LogP) is 1.82. The van der Waals surface area contributed by atoms with Crippen LogP contribution in [0.25, 0.3) is 0 Å². The Morgan fingerprint density at radius 3 is 2.28 bits per heavy atom. The molecule has 1 atom stereocenters. The number of carbonyl (C=O) groups excluding carboxylic acids is 2. The SMILES string of the molecule is Cl.Cl.O=C(NCCC(=O)N1CCN(c2ccc(F)cc2)CC1)C1CC(F)(F)CN1. The van der Waals surface area contributed by atoms with Crippen LogP contribution in [-0.4, -0.2) is 67.9 Å². The van der Waals surface area contributed by atoms with Crippen LogP contribution in [0.2, 0.25) is 0 Å². The van der Waals surface area contributed by atoms with Crippen molar-refractivity contribution in [2.45, 2.75) is 24.8 Å². The number of piperazine rings is 1. The Morgan fingerprint density at radius 2 is 1.72 bits per heavy atom. The van der Waals surface area contributed by atoms with Gasteiger partial charge in [-0.3, -0.25) is 14.9 Å². The number of rotatable bonds is 5. The molecular formula is C18H25Cl2F3N4O2. The summed E-state index contributed by atoms with van der Waals surface area (Å²) >= 11 is 0. The van der Waals surface area contributed by atoms with E-state index in [0.29, 0.717) is 26.2 Å². The van der Waals surface area contributed by atoms with Gasteiger partial charge in [0.15, 0.2) is 0 Å². The van der Waals surface area contributed by atoms with Gasteiger partial charge in [-0.15, -0.1) is 24.8 Å². The van der Waals surface area contributed by atoms with Crippen LogP contribution in [0.3, 0.4) is 0 Å². The maximum atomic E-state index is 13.1. The molecule has 0 spiro atoms. The summed E-state index contributed by atoms with van der Waals surface area (Å²) in [4.78, 5) is 27.9. The van der Waals surface area contributed by atoms with Crippen LogP contribution in [-0.2, 0) is 9.59 Å². The Morgan fingerprint density at radius 1 is 1.10 bits per heavy atom. The first-order chi connectivity index (χ1) is 12.8. The van der Waals surface area contributed by atoms with E-state index in [1.165, 1.54) is 12.1 Å². The van der Waals surface area contributed by atoms with E-state index in [9.17, 15) is 22.8 Å². The van der Waals surface area contributed by atoms with Crippen molar-refractivity contribution in [3.8, 4) is 0 Å². The third kappa shape index (κ3) is 6.94. The van der Waals surface area contributed by atoms with Crippen LogP contribution in [0.15, 0.2) is 24.3 Å². The highest BCUT2D eigenvalue weighted by Crippen LogP contribution is 2.25. The summed E-state index contributed by atoms with van der Waals surface area (Å²) in [6, 6.07) is 5.33. The number of hydrogen-bond donors (Lipinski definition) is 2. The van der Waals surface area contributed by atoms with Crippen molar-refractivity contribution in [1.29, 1.82) is 0 Å². The molecular weight excluding hydrogens is 432 g/mol. The van der Waals surface area contributed by atoms with Crippen molar-refractivity contribution in [2.75, 3.05) is 44.2 Å². The second kappa shape index (κ2) is 10.9. The van der Waals surface area contributed by atoms with Crippen LogP contribution in [0, 0.1) is 5.82 Å². The van der Waals surface area contributed by atoms with E-state index in [1.54, 1.807) is 17.0 Å². The second-order valence-corrected chi connectivity index (χ2v) is 6.88. The minimum Gasteiger partial charge on any atom is -0.368 e. The van der Waals surface area contributed by atoms with E-state index in [0.717, 1.165) is 5.69 Å². The highest BCUT2D eigenvalue weighted by molar-refractivity contribution is 5.85. The number of benzene rings is 1. The Hall–Kier alpha value is -1.71. The van der Waals surface area contributed by atoms with Crippen LogP contribution >= 0.6 is 24.8 Å². The number of hydrogen-bond acceptors (Lipinski definition) is 4. The standard InChI is InChI=1S/C18H23F3N4O2.2ClH/c19-13-1-3-14(4-2-13)24-7-9-25(10-8-24)16(26)5-6-22-17(27)15-11-18(20,21)12-23-15;;/h1-4,15,23H,5-12H2,(H,22,27);2*1H. The maximum absolute atomic E-state index is 13.1. The molecule has 6 nitrogen and oxygen atoms in total. The lowest BCUT2D eigenvalue weighted by Gasteiger charge is -2.36. The maximum Gasteiger partial charge on any atom is 0.262 e.